The molecular weight excluding hydrogens is 166 g/mol. The minimum atomic E-state index is 0. The van der Waals surface area contributed by atoms with Crippen molar-refractivity contribution in [1.29, 1.82) is 0 Å². The monoisotopic (exact) mass is 179 g/mol. The highest BCUT2D eigenvalue weighted by Gasteiger charge is 2.14. The van der Waals surface area contributed by atoms with Crippen LogP contribution in [0.5, 0.6) is 0 Å². The van der Waals surface area contributed by atoms with E-state index in [4.69, 9.17) is 5.11 Å². The Labute approximate surface area is 72.8 Å². The maximum atomic E-state index is 10.7. The molecule has 4 heteroatoms. The Morgan fingerprint density at radius 3 is 2.36 bits per heavy atom. The highest BCUT2D eigenvalue weighted by Crippen LogP contribution is 2.03. The largest absolute Gasteiger partial charge is 0.395 e. The van der Waals surface area contributed by atoms with E-state index in [2.05, 4.69) is 4.90 Å². The second-order valence-corrected chi connectivity index (χ2v) is 2.60. The van der Waals surface area contributed by atoms with Crippen LogP contribution >= 0.6 is 12.4 Å². The van der Waals surface area contributed by atoms with E-state index in [0.29, 0.717) is 25.2 Å². The Hall–Kier alpha value is -0.120. The first-order valence-corrected chi connectivity index (χ1v) is 3.68. The van der Waals surface area contributed by atoms with Crippen LogP contribution < -0.4 is 0 Å². The van der Waals surface area contributed by atoms with E-state index in [1.54, 1.807) is 0 Å². The summed E-state index contributed by atoms with van der Waals surface area (Å²) in [4.78, 5) is 12.8. The molecule has 0 radical (unpaired) electrons. The SMILES string of the molecule is Cl.O=C1CCN(CCO)CC1. The van der Waals surface area contributed by atoms with Crippen molar-refractivity contribution in [3.05, 3.63) is 0 Å². The van der Waals surface area contributed by atoms with Gasteiger partial charge in [0.2, 0.25) is 0 Å². The average molecular weight is 180 g/mol. The zero-order valence-electron chi connectivity index (χ0n) is 6.45. The van der Waals surface area contributed by atoms with Gasteiger partial charge in [0.05, 0.1) is 6.61 Å². The first kappa shape index (κ1) is 10.9. The number of hydrogen-bond acceptors (Lipinski definition) is 3. The molecule has 1 fully saturated rings. The maximum Gasteiger partial charge on any atom is 0.135 e. The summed E-state index contributed by atoms with van der Waals surface area (Å²) in [6.07, 6.45) is 1.33. The molecule has 1 rings (SSSR count). The van der Waals surface area contributed by atoms with Gasteiger partial charge in [0.25, 0.3) is 0 Å². The quantitative estimate of drug-likeness (QED) is 0.652. The van der Waals surface area contributed by atoms with Gasteiger partial charge in [-0.3, -0.25) is 4.79 Å². The predicted octanol–water partition coefficient (Wildman–Crippen LogP) is 0.0654. The second-order valence-electron chi connectivity index (χ2n) is 2.60. The van der Waals surface area contributed by atoms with Crippen LogP contribution in [0.4, 0.5) is 0 Å². The Kier molecular flexibility index (Phi) is 5.46. The minimum absolute atomic E-state index is 0. The molecule has 0 aromatic carbocycles. The van der Waals surface area contributed by atoms with Gasteiger partial charge in [-0.15, -0.1) is 12.4 Å². The number of halogens is 1. The van der Waals surface area contributed by atoms with Gasteiger partial charge in [0, 0.05) is 32.5 Å². The van der Waals surface area contributed by atoms with Crippen molar-refractivity contribution >= 4 is 18.2 Å². The third kappa shape index (κ3) is 3.70. The number of ketones is 1. The first-order valence-electron chi connectivity index (χ1n) is 3.68. The fourth-order valence-corrected chi connectivity index (χ4v) is 1.17. The number of carbonyl (C=O) groups excluding carboxylic acids is 1. The topological polar surface area (TPSA) is 40.5 Å². The number of hydrogen-bond donors (Lipinski definition) is 1. The normalized spacial score (nSPS) is 19.5. The lowest BCUT2D eigenvalue weighted by Crippen LogP contribution is -2.35. The van der Waals surface area contributed by atoms with Crippen molar-refractivity contribution in [2.24, 2.45) is 0 Å². The van der Waals surface area contributed by atoms with Crippen LogP contribution in [0.3, 0.4) is 0 Å². The summed E-state index contributed by atoms with van der Waals surface area (Å²) in [7, 11) is 0. The maximum absolute atomic E-state index is 10.7. The van der Waals surface area contributed by atoms with E-state index in [1.807, 2.05) is 0 Å². The second kappa shape index (κ2) is 5.52. The van der Waals surface area contributed by atoms with Crippen LogP contribution in [0.25, 0.3) is 0 Å². The fourth-order valence-electron chi connectivity index (χ4n) is 1.17. The third-order valence-electron chi connectivity index (χ3n) is 1.83. The van der Waals surface area contributed by atoms with E-state index >= 15 is 0 Å². The van der Waals surface area contributed by atoms with Crippen molar-refractivity contribution in [2.75, 3.05) is 26.2 Å². The Morgan fingerprint density at radius 1 is 1.36 bits per heavy atom. The van der Waals surface area contributed by atoms with Crippen molar-refractivity contribution in [3.8, 4) is 0 Å². The Bertz CT molecular complexity index is 120. The highest BCUT2D eigenvalue weighted by molar-refractivity contribution is 5.85. The molecule has 11 heavy (non-hydrogen) atoms. The number of piperidine rings is 1. The number of nitrogens with zero attached hydrogens (tertiary/aromatic N) is 1. The van der Waals surface area contributed by atoms with Crippen molar-refractivity contribution < 1.29 is 9.90 Å². The number of aliphatic hydroxyl groups excluding tert-OH is 1. The molecule has 66 valence electrons. The third-order valence-corrected chi connectivity index (χ3v) is 1.83. The van der Waals surface area contributed by atoms with Crippen LogP contribution in [0.2, 0.25) is 0 Å². The molecule has 0 unspecified atom stereocenters. The summed E-state index contributed by atoms with van der Waals surface area (Å²) in [5.74, 6) is 0.356. The van der Waals surface area contributed by atoms with E-state index in [-0.39, 0.29) is 19.0 Å². The van der Waals surface area contributed by atoms with Gasteiger partial charge in [-0.05, 0) is 0 Å². The molecule has 0 aromatic rings. The summed E-state index contributed by atoms with van der Waals surface area (Å²) in [6, 6.07) is 0. The van der Waals surface area contributed by atoms with Gasteiger partial charge in [-0.1, -0.05) is 0 Å². The van der Waals surface area contributed by atoms with Gasteiger partial charge in [-0.2, -0.15) is 0 Å². The standard InChI is InChI=1S/C7H13NO2.ClH/c9-6-5-8-3-1-7(10)2-4-8;/h9H,1-6H2;1H. The van der Waals surface area contributed by atoms with Crippen LogP contribution in [-0.2, 0) is 4.79 Å². The van der Waals surface area contributed by atoms with Crippen LogP contribution in [-0.4, -0.2) is 42.0 Å². The number of aliphatic hydroxyl groups is 1. The van der Waals surface area contributed by atoms with Gasteiger partial charge >= 0.3 is 0 Å². The summed E-state index contributed by atoms with van der Waals surface area (Å²) < 4.78 is 0. The van der Waals surface area contributed by atoms with E-state index in [9.17, 15) is 4.79 Å². The predicted molar refractivity (Wildman–Crippen MR) is 45.0 cm³/mol. The number of likely N-dealkylation sites (tertiary alicyclic amines) is 1. The minimum Gasteiger partial charge on any atom is -0.395 e. The number of Topliss-reactive ketones (excluding diaryl/α,β-unsaturated/α-hetero) is 1. The molecule has 1 saturated heterocycles. The number of β-amino-alcohol motifs (C(OH)–C–C–N with tert-alkyl or cyclic N) is 1. The zero-order chi connectivity index (χ0) is 7.40. The zero-order valence-corrected chi connectivity index (χ0v) is 7.27. The van der Waals surface area contributed by atoms with E-state index in [1.165, 1.54) is 0 Å². The molecule has 0 spiro atoms. The summed E-state index contributed by atoms with van der Waals surface area (Å²) in [6.45, 7) is 2.58. The molecule has 3 nitrogen and oxygen atoms in total. The first-order chi connectivity index (χ1) is 4.83. The van der Waals surface area contributed by atoms with Crippen molar-refractivity contribution in [1.82, 2.24) is 4.90 Å². The van der Waals surface area contributed by atoms with Crippen LogP contribution in [0.15, 0.2) is 0 Å². The smallest absolute Gasteiger partial charge is 0.135 e. The van der Waals surface area contributed by atoms with Crippen molar-refractivity contribution in [2.45, 2.75) is 12.8 Å². The lowest BCUT2D eigenvalue weighted by molar-refractivity contribution is -0.121. The molecule has 0 bridgehead atoms. The molecule has 0 aromatic heterocycles. The van der Waals surface area contributed by atoms with Crippen molar-refractivity contribution in [3.63, 3.8) is 0 Å². The summed E-state index contributed by atoms with van der Waals surface area (Å²) in [5.41, 5.74) is 0. The molecular formula is C7H14ClNO2. The molecule has 1 N–H and O–H groups in total. The van der Waals surface area contributed by atoms with Gasteiger partial charge in [-0.25, -0.2) is 0 Å². The lowest BCUT2D eigenvalue weighted by atomic mass is 10.1. The molecule has 0 atom stereocenters. The molecule has 1 heterocycles. The number of carbonyl (C=O) groups is 1. The van der Waals surface area contributed by atoms with E-state index < -0.39 is 0 Å². The Morgan fingerprint density at radius 2 is 1.91 bits per heavy atom. The Balaban J connectivity index is 0.000001000. The fraction of sp³-hybridized carbons (Fsp3) is 0.857. The molecule has 0 saturated carbocycles. The van der Waals surface area contributed by atoms with Crippen LogP contribution in [0, 0.1) is 0 Å². The van der Waals surface area contributed by atoms with E-state index in [0.717, 1.165) is 13.1 Å². The number of rotatable bonds is 2. The van der Waals surface area contributed by atoms with Gasteiger partial charge < -0.3 is 10.0 Å². The lowest BCUT2D eigenvalue weighted by Gasteiger charge is -2.24. The molecule has 0 aliphatic carbocycles. The molecule has 1 aliphatic heterocycles. The summed E-state index contributed by atoms with van der Waals surface area (Å²) in [5, 5.41) is 8.56. The van der Waals surface area contributed by atoms with Gasteiger partial charge in [0.1, 0.15) is 5.78 Å². The van der Waals surface area contributed by atoms with Crippen LogP contribution in [0.1, 0.15) is 12.8 Å². The highest BCUT2D eigenvalue weighted by atomic mass is 35.5. The summed E-state index contributed by atoms with van der Waals surface area (Å²) >= 11 is 0. The van der Waals surface area contributed by atoms with Gasteiger partial charge in [0.15, 0.2) is 0 Å². The molecule has 0 amide bonds. The average Bonchev–Trinajstić information content (AvgIpc) is 1.95. The molecule has 1 aliphatic rings.